The number of hydrogen-bond acceptors (Lipinski definition) is 3. The average molecular weight is 246 g/mol. The molecule has 0 N–H and O–H groups in total. The third-order valence-corrected chi connectivity index (χ3v) is 3.23. The molecule has 0 unspecified atom stereocenters. The summed E-state index contributed by atoms with van der Waals surface area (Å²) in [6.07, 6.45) is 2.22. The molecule has 0 atom stereocenters. The normalized spacial score (nSPS) is 11.1. The minimum absolute atomic E-state index is 0.334. The zero-order valence-electron chi connectivity index (χ0n) is 10.8. The van der Waals surface area contributed by atoms with E-state index in [0.717, 1.165) is 24.0 Å². The van der Waals surface area contributed by atoms with Crippen molar-refractivity contribution in [3.63, 3.8) is 0 Å². The van der Waals surface area contributed by atoms with Crippen LogP contribution in [-0.2, 0) is 0 Å². The third-order valence-electron chi connectivity index (χ3n) is 3.23. The van der Waals surface area contributed by atoms with Crippen LogP contribution in [0.15, 0.2) is 39.5 Å². The predicted octanol–water partition coefficient (Wildman–Crippen LogP) is 3.61. The van der Waals surface area contributed by atoms with E-state index < -0.39 is 0 Å². The van der Waals surface area contributed by atoms with Gasteiger partial charge in [-0.15, -0.1) is 0 Å². The van der Waals surface area contributed by atoms with Crippen molar-refractivity contribution >= 4 is 11.0 Å². The summed E-state index contributed by atoms with van der Waals surface area (Å²) in [5.74, 6) is 1.33. The van der Waals surface area contributed by atoms with Crippen molar-refractivity contribution < 1.29 is 9.15 Å². The summed E-state index contributed by atoms with van der Waals surface area (Å²) >= 11 is 0. The van der Waals surface area contributed by atoms with E-state index in [1.807, 2.05) is 12.1 Å². The second-order valence-electron chi connectivity index (χ2n) is 4.45. The molecular weight excluding hydrogens is 228 g/mol. The van der Waals surface area contributed by atoms with Crippen molar-refractivity contribution in [3.05, 3.63) is 40.8 Å². The molecule has 0 amide bonds. The van der Waals surface area contributed by atoms with Gasteiger partial charge in [-0.1, -0.05) is 26.7 Å². The summed E-state index contributed by atoms with van der Waals surface area (Å²) in [5, 5.41) is 0.907. The van der Waals surface area contributed by atoms with Crippen molar-refractivity contribution in [1.82, 2.24) is 0 Å². The van der Waals surface area contributed by atoms with Crippen LogP contribution >= 0.6 is 0 Å². The molecule has 0 aliphatic rings. The van der Waals surface area contributed by atoms with E-state index in [1.54, 1.807) is 12.1 Å². The Morgan fingerprint density at radius 1 is 1.17 bits per heavy atom. The van der Waals surface area contributed by atoms with Crippen LogP contribution in [0.25, 0.3) is 11.0 Å². The molecule has 0 saturated carbocycles. The lowest BCUT2D eigenvalue weighted by molar-refractivity contribution is 0.240. The molecule has 1 aromatic carbocycles. The van der Waals surface area contributed by atoms with Gasteiger partial charge >= 0.3 is 5.63 Å². The standard InChI is InChI=1S/C15H18O3/c1-3-11(4-2)10-17-13-7-5-12-6-8-15(16)18-14(12)9-13/h5-9,11H,3-4,10H2,1-2H3. The van der Waals surface area contributed by atoms with Gasteiger partial charge in [0.1, 0.15) is 11.3 Å². The zero-order valence-corrected chi connectivity index (χ0v) is 10.8. The number of fused-ring (bicyclic) bond motifs is 1. The van der Waals surface area contributed by atoms with Crippen LogP contribution in [0.4, 0.5) is 0 Å². The Morgan fingerprint density at radius 2 is 1.89 bits per heavy atom. The fourth-order valence-corrected chi connectivity index (χ4v) is 1.87. The SMILES string of the molecule is CCC(CC)COc1ccc2ccc(=O)oc2c1. The van der Waals surface area contributed by atoms with Crippen molar-refractivity contribution in [2.24, 2.45) is 5.92 Å². The third kappa shape index (κ3) is 2.92. The van der Waals surface area contributed by atoms with E-state index in [1.165, 1.54) is 6.07 Å². The fourth-order valence-electron chi connectivity index (χ4n) is 1.87. The van der Waals surface area contributed by atoms with E-state index in [-0.39, 0.29) is 5.63 Å². The number of benzene rings is 1. The smallest absolute Gasteiger partial charge is 0.336 e. The predicted molar refractivity (Wildman–Crippen MR) is 72.1 cm³/mol. The Morgan fingerprint density at radius 3 is 2.61 bits per heavy atom. The van der Waals surface area contributed by atoms with Crippen LogP contribution < -0.4 is 10.4 Å². The summed E-state index contributed by atoms with van der Waals surface area (Å²) in [4.78, 5) is 11.1. The molecule has 3 nitrogen and oxygen atoms in total. The van der Waals surface area contributed by atoms with Crippen molar-refractivity contribution in [2.75, 3.05) is 6.61 Å². The first-order valence-electron chi connectivity index (χ1n) is 6.39. The van der Waals surface area contributed by atoms with E-state index in [0.29, 0.717) is 18.1 Å². The second-order valence-corrected chi connectivity index (χ2v) is 4.45. The van der Waals surface area contributed by atoms with E-state index in [4.69, 9.17) is 9.15 Å². The summed E-state index contributed by atoms with van der Waals surface area (Å²) in [7, 11) is 0. The summed E-state index contributed by atoms with van der Waals surface area (Å²) in [6.45, 7) is 5.03. The molecule has 96 valence electrons. The van der Waals surface area contributed by atoms with Crippen LogP contribution in [0.3, 0.4) is 0 Å². The van der Waals surface area contributed by atoms with Gasteiger partial charge < -0.3 is 9.15 Å². The molecule has 1 aromatic heterocycles. The molecule has 0 aliphatic heterocycles. The molecule has 2 aromatic rings. The van der Waals surface area contributed by atoms with Crippen LogP contribution in [0.1, 0.15) is 26.7 Å². The first-order chi connectivity index (χ1) is 8.72. The topological polar surface area (TPSA) is 39.4 Å². The zero-order chi connectivity index (χ0) is 13.0. The molecule has 0 aliphatic carbocycles. The lowest BCUT2D eigenvalue weighted by Gasteiger charge is -2.13. The molecule has 3 heteroatoms. The molecule has 0 radical (unpaired) electrons. The average Bonchev–Trinajstić information content (AvgIpc) is 2.39. The Labute approximate surface area is 106 Å². The number of rotatable bonds is 5. The first-order valence-corrected chi connectivity index (χ1v) is 6.39. The Hall–Kier alpha value is -1.77. The molecular formula is C15H18O3. The van der Waals surface area contributed by atoms with Crippen LogP contribution in [0, 0.1) is 5.92 Å². The number of hydrogen-bond donors (Lipinski definition) is 0. The van der Waals surface area contributed by atoms with Crippen molar-refractivity contribution in [1.29, 1.82) is 0 Å². The Balaban J connectivity index is 2.16. The lowest BCUT2D eigenvalue weighted by Crippen LogP contribution is -2.10. The van der Waals surface area contributed by atoms with Gasteiger partial charge in [0.15, 0.2) is 0 Å². The highest BCUT2D eigenvalue weighted by atomic mass is 16.5. The quantitative estimate of drug-likeness (QED) is 0.756. The van der Waals surface area contributed by atoms with Gasteiger partial charge in [0, 0.05) is 17.5 Å². The molecule has 0 fully saturated rings. The first kappa shape index (κ1) is 12.7. The van der Waals surface area contributed by atoms with Gasteiger partial charge in [-0.05, 0) is 24.1 Å². The molecule has 18 heavy (non-hydrogen) atoms. The largest absolute Gasteiger partial charge is 0.493 e. The van der Waals surface area contributed by atoms with E-state index >= 15 is 0 Å². The van der Waals surface area contributed by atoms with Gasteiger partial charge in [-0.25, -0.2) is 4.79 Å². The minimum atomic E-state index is -0.334. The van der Waals surface area contributed by atoms with Gasteiger partial charge in [-0.3, -0.25) is 0 Å². The summed E-state index contributed by atoms with van der Waals surface area (Å²) in [5.41, 5.74) is 0.240. The fraction of sp³-hybridized carbons (Fsp3) is 0.400. The van der Waals surface area contributed by atoms with Gasteiger partial charge in [0.25, 0.3) is 0 Å². The maximum absolute atomic E-state index is 11.1. The molecule has 0 spiro atoms. The van der Waals surface area contributed by atoms with E-state index in [2.05, 4.69) is 13.8 Å². The van der Waals surface area contributed by atoms with Gasteiger partial charge in [0.2, 0.25) is 0 Å². The summed E-state index contributed by atoms with van der Waals surface area (Å²) < 4.78 is 10.9. The highest BCUT2D eigenvalue weighted by Crippen LogP contribution is 2.20. The molecule has 0 bridgehead atoms. The Kier molecular flexibility index (Phi) is 4.03. The molecule has 1 heterocycles. The van der Waals surface area contributed by atoms with Crippen LogP contribution in [0.5, 0.6) is 5.75 Å². The molecule has 0 saturated heterocycles. The monoisotopic (exact) mass is 246 g/mol. The highest BCUT2D eigenvalue weighted by molar-refractivity contribution is 5.77. The maximum Gasteiger partial charge on any atom is 0.336 e. The lowest BCUT2D eigenvalue weighted by atomic mass is 10.1. The second kappa shape index (κ2) is 5.71. The van der Waals surface area contributed by atoms with Crippen LogP contribution in [-0.4, -0.2) is 6.61 Å². The van der Waals surface area contributed by atoms with Gasteiger partial charge in [-0.2, -0.15) is 0 Å². The van der Waals surface area contributed by atoms with E-state index in [9.17, 15) is 4.79 Å². The van der Waals surface area contributed by atoms with Crippen molar-refractivity contribution in [3.8, 4) is 5.75 Å². The molecule has 2 rings (SSSR count). The van der Waals surface area contributed by atoms with Gasteiger partial charge in [0.05, 0.1) is 6.61 Å². The van der Waals surface area contributed by atoms with Crippen LogP contribution in [0.2, 0.25) is 0 Å². The maximum atomic E-state index is 11.1. The highest BCUT2D eigenvalue weighted by Gasteiger charge is 2.05. The van der Waals surface area contributed by atoms with Crippen molar-refractivity contribution in [2.45, 2.75) is 26.7 Å². The minimum Gasteiger partial charge on any atom is -0.493 e. The number of ether oxygens (including phenoxy) is 1. The summed E-state index contributed by atoms with van der Waals surface area (Å²) in [6, 6.07) is 8.77. The Bertz CT molecular complexity index is 567.